The second kappa shape index (κ2) is 3.51. The van der Waals surface area contributed by atoms with Gasteiger partial charge < -0.3 is 0 Å². The zero-order chi connectivity index (χ0) is 8.27. The Kier molecular flexibility index (Phi) is 2.64. The fourth-order valence-corrected chi connectivity index (χ4v) is 0.988. The van der Waals surface area contributed by atoms with Crippen molar-refractivity contribution in [2.24, 2.45) is 10.9 Å². The van der Waals surface area contributed by atoms with Gasteiger partial charge in [-0.3, -0.25) is 4.99 Å². The molecule has 0 unspecified atom stereocenters. The molecule has 60 valence electrons. The van der Waals surface area contributed by atoms with E-state index in [4.69, 9.17) is 0 Å². The summed E-state index contributed by atoms with van der Waals surface area (Å²) in [7, 11) is 0. The highest BCUT2D eigenvalue weighted by Crippen LogP contribution is 2.09. The van der Waals surface area contributed by atoms with Crippen molar-refractivity contribution >= 4 is 5.71 Å². The lowest BCUT2D eigenvalue weighted by atomic mass is 10.1. The number of nitrogens with zero attached hydrogens (tertiary/aromatic N) is 1. The smallest absolute Gasteiger partial charge is 0.0425 e. The van der Waals surface area contributed by atoms with Gasteiger partial charge in [0.25, 0.3) is 0 Å². The molecule has 0 aromatic heterocycles. The molecule has 0 aromatic carbocycles. The summed E-state index contributed by atoms with van der Waals surface area (Å²) < 4.78 is 0. The summed E-state index contributed by atoms with van der Waals surface area (Å²) in [6, 6.07) is 0. The molecule has 1 aliphatic heterocycles. The Morgan fingerprint density at radius 1 is 1.45 bits per heavy atom. The zero-order valence-corrected chi connectivity index (χ0v) is 7.46. The van der Waals surface area contributed by atoms with Crippen LogP contribution in [0.3, 0.4) is 0 Å². The summed E-state index contributed by atoms with van der Waals surface area (Å²) in [5, 5.41) is 0. The fraction of sp³-hybridized carbons (Fsp3) is 0.500. The molecule has 0 N–H and O–H groups in total. The molecule has 0 atom stereocenters. The molecule has 1 heterocycles. The van der Waals surface area contributed by atoms with Gasteiger partial charge in [-0.2, -0.15) is 0 Å². The van der Waals surface area contributed by atoms with Crippen LogP contribution in [0.25, 0.3) is 0 Å². The van der Waals surface area contributed by atoms with E-state index in [0.717, 1.165) is 6.42 Å². The second-order valence-electron chi connectivity index (χ2n) is 3.29. The van der Waals surface area contributed by atoms with Crippen molar-refractivity contribution < 1.29 is 0 Å². The molecule has 0 saturated heterocycles. The molecule has 0 saturated carbocycles. The average Bonchev–Trinajstić information content (AvgIpc) is 2.13. The van der Waals surface area contributed by atoms with Gasteiger partial charge in [0.1, 0.15) is 0 Å². The van der Waals surface area contributed by atoms with Crippen LogP contribution in [0.2, 0.25) is 0 Å². The van der Waals surface area contributed by atoms with Gasteiger partial charge in [0, 0.05) is 11.9 Å². The van der Waals surface area contributed by atoms with Crippen molar-refractivity contribution in [3.8, 4) is 0 Å². The van der Waals surface area contributed by atoms with Crippen LogP contribution < -0.4 is 0 Å². The zero-order valence-electron chi connectivity index (χ0n) is 7.46. The normalized spacial score (nSPS) is 17.8. The van der Waals surface area contributed by atoms with Crippen LogP contribution >= 0.6 is 0 Å². The van der Waals surface area contributed by atoms with Gasteiger partial charge in [-0.25, -0.2) is 0 Å². The highest BCUT2D eigenvalue weighted by molar-refractivity contribution is 5.97. The Bertz CT molecular complexity index is 219. The van der Waals surface area contributed by atoms with Gasteiger partial charge in [-0.15, -0.1) is 0 Å². The second-order valence-corrected chi connectivity index (χ2v) is 3.29. The van der Waals surface area contributed by atoms with Crippen LogP contribution in [0.4, 0.5) is 0 Å². The molecule has 0 radical (unpaired) electrons. The molecule has 0 aromatic rings. The molecule has 1 rings (SSSR count). The molecule has 0 aliphatic carbocycles. The lowest BCUT2D eigenvalue weighted by Gasteiger charge is -2.01. The minimum absolute atomic E-state index is 0.536. The van der Waals surface area contributed by atoms with E-state index in [2.05, 4.69) is 37.9 Å². The van der Waals surface area contributed by atoms with Gasteiger partial charge in [0.15, 0.2) is 0 Å². The van der Waals surface area contributed by atoms with Crippen LogP contribution in [-0.4, -0.2) is 5.71 Å². The van der Waals surface area contributed by atoms with Gasteiger partial charge in [0.2, 0.25) is 0 Å². The third-order valence-corrected chi connectivity index (χ3v) is 1.75. The quantitative estimate of drug-likeness (QED) is 0.543. The fourth-order valence-electron chi connectivity index (χ4n) is 0.988. The van der Waals surface area contributed by atoms with E-state index >= 15 is 0 Å². The maximum absolute atomic E-state index is 4.37. The predicted molar refractivity (Wildman–Crippen MR) is 49.8 cm³/mol. The van der Waals surface area contributed by atoms with Crippen molar-refractivity contribution in [1.29, 1.82) is 0 Å². The summed E-state index contributed by atoms with van der Waals surface area (Å²) >= 11 is 0. The predicted octanol–water partition coefficient (Wildman–Crippen LogP) is 2.95. The summed E-state index contributed by atoms with van der Waals surface area (Å²) in [5.74, 6) is 0.536. The van der Waals surface area contributed by atoms with Crippen molar-refractivity contribution in [3.63, 3.8) is 0 Å². The molecule has 0 bridgehead atoms. The number of hydrogen-bond acceptors (Lipinski definition) is 1. The van der Waals surface area contributed by atoms with Crippen LogP contribution in [0.15, 0.2) is 28.9 Å². The largest absolute Gasteiger partial charge is 0.261 e. The van der Waals surface area contributed by atoms with E-state index in [1.807, 2.05) is 6.20 Å². The Labute approximate surface area is 68.5 Å². The topological polar surface area (TPSA) is 12.4 Å². The van der Waals surface area contributed by atoms with Gasteiger partial charge in [0.05, 0.1) is 0 Å². The first-order valence-corrected chi connectivity index (χ1v) is 4.10. The molecule has 1 heteroatoms. The first kappa shape index (κ1) is 8.25. The van der Waals surface area contributed by atoms with Crippen molar-refractivity contribution in [2.45, 2.75) is 27.2 Å². The Morgan fingerprint density at radius 3 is 2.82 bits per heavy atom. The SMILES string of the molecule is CC1=CN=C(C(C)C)C=CC1. The Morgan fingerprint density at radius 2 is 2.18 bits per heavy atom. The summed E-state index contributed by atoms with van der Waals surface area (Å²) in [5.41, 5.74) is 2.51. The number of hydrogen-bond donors (Lipinski definition) is 0. The lowest BCUT2D eigenvalue weighted by Crippen LogP contribution is -2.02. The van der Waals surface area contributed by atoms with Crippen LogP contribution in [0.5, 0.6) is 0 Å². The number of rotatable bonds is 1. The highest BCUT2D eigenvalue weighted by Gasteiger charge is 2.01. The van der Waals surface area contributed by atoms with E-state index in [1.54, 1.807) is 0 Å². The van der Waals surface area contributed by atoms with Crippen LogP contribution in [0, 0.1) is 5.92 Å². The first-order chi connectivity index (χ1) is 5.20. The molecule has 0 spiro atoms. The molecule has 0 amide bonds. The Balaban J connectivity index is 2.81. The minimum Gasteiger partial charge on any atom is -0.261 e. The summed E-state index contributed by atoms with van der Waals surface area (Å²) in [4.78, 5) is 4.37. The van der Waals surface area contributed by atoms with Crippen molar-refractivity contribution in [2.75, 3.05) is 0 Å². The number of allylic oxidation sites excluding steroid dienone is 3. The molecule has 0 fully saturated rings. The third-order valence-electron chi connectivity index (χ3n) is 1.75. The van der Waals surface area contributed by atoms with E-state index in [-0.39, 0.29) is 0 Å². The maximum atomic E-state index is 4.37. The molecular weight excluding hydrogens is 134 g/mol. The van der Waals surface area contributed by atoms with Crippen LogP contribution in [0.1, 0.15) is 27.2 Å². The lowest BCUT2D eigenvalue weighted by molar-refractivity contribution is 0.889. The van der Waals surface area contributed by atoms with E-state index in [1.165, 1.54) is 11.3 Å². The van der Waals surface area contributed by atoms with E-state index in [9.17, 15) is 0 Å². The minimum atomic E-state index is 0.536. The maximum Gasteiger partial charge on any atom is 0.0425 e. The summed E-state index contributed by atoms with van der Waals surface area (Å²) in [6.45, 7) is 6.44. The standard InChI is InChI=1S/C10H15N/c1-8(2)10-6-4-5-9(3)7-11-10/h4,6-8H,5H2,1-3H3. The van der Waals surface area contributed by atoms with Gasteiger partial charge >= 0.3 is 0 Å². The van der Waals surface area contributed by atoms with Crippen molar-refractivity contribution in [1.82, 2.24) is 0 Å². The third kappa shape index (κ3) is 2.34. The average molecular weight is 149 g/mol. The highest BCUT2D eigenvalue weighted by atomic mass is 14.7. The molecule has 11 heavy (non-hydrogen) atoms. The monoisotopic (exact) mass is 149 g/mol. The molecular formula is C10H15N. The van der Waals surface area contributed by atoms with Gasteiger partial charge in [-0.05, 0) is 25.3 Å². The molecule has 1 aliphatic rings. The van der Waals surface area contributed by atoms with E-state index < -0.39 is 0 Å². The van der Waals surface area contributed by atoms with Crippen LogP contribution in [-0.2, 0) is 0 Å². The molecule has 1 nitrogen and oxygen atoms in total. The van der Waals surface area contributed by atoms with Gasteiger partial charge in [-0.1, -0.05) is 25.5 Å². The summed E-state index contributed by atoms with van der Waals surface area (Å²) in [6.07, 6.45) is 7.31. The number of aliphatic imine (C=N–C) groups is 1. The Hall–Kier alpha value is -0.850. The van der Waals surface area contributed by atoms with Crippen molar-refractivity contribution in [3.05, 3.63) is 23.9 Å². The first-order valence-electron chi connectivity index (χ1n) is 4.10. The van der Waals surface area contributed by atoms with E-state index in [0.29, 0.717) is 5.92 Å².